The summed E-state index contributed by atoms with van der Waals surface area (Å²) in [6.45, 7) is 1.41. The number of ether oxygens (including phenoxy) is 2. The van der Waals surface area contributed by atoms with Crippen LogP contribution in [0.2, 0.25) is 0 Å². The molecule has 0 aliphatic heterocycles. The quantitative estimate of drug-likeness (QED) is 0.693. The van der Waals surface area contributed by atoms with Gasteiger partial charge in [-0.3, -0.25) is 9.59 Å². The number of carboxylic acids is 1. The van der Waals surface area contributed by atoms with Crippen LogP contribution in [0.15, 0.2) is 30.3 Å². The molecule has 0 radical (unpaired) electrons. The molecule has 7 heteroatoms. The first-order chi connectivity index (χ1) is 10.5. The van der Waals surface area contributed by atoms with Crippen LogP contribution in [0.25, 0.3) is 0 Å². The van der Waals surface area contributed by atoms with Gasteiger partial charge < -0.3 is 14.6 Å². The van der Waals surface area contributed by atoms with Crippen LogP contribution >= 0.6 is 11.8 Å². The highest BCUT2D eigenvalue weighted by Gasteiger charge is 2.22. The summed E-state index contributed by atoms with van der Waals surface area (Å²) in [4.78, 5) is 33.3. The molecule has 0 saturated carbocycles. The Kier molecular flexibility index (Phi) is 8.24. The van der Waals surface area contributed by atoms with E-state index in [2.05, 4.69) is 0 Å². The van der Waals surface area contributed by atoms with Gasteiger partial charge in [0.25, 0.3) is 0 Å². The van der Waals surface area contributed by atoms with Crippen molar-refractivity contribution in [2.24, 2.45) is 0 Å². The van der Waals surface area contributed by atoms with Gasteiger partial charge in [0, 0.05) is 12.7 Å². The summed E-state index contributed by atoms with van der Waals surface area (Å²) >= 11 is 0.992. The molecule has 120 valence electrons. The number of rotatable bonds is 9. The largest absolute Gasteiger partial charge is 0.478 e. The fourth-order valence-electron chi connectivity index (χ4n) is 1.51. The molecular weight excluding hydrogens is 308 g/mol. The van der Waals surface area contributed by atoms with Crippen LogP contribution in [0.4, 0.5) is 0 Å². The summed E-state index contributed by atoms with van der Waals surface area (Å²) in [5.74, 6) is -1.66. The molecule has 0 bridgehead atoms. The Hall–Kier alpha value is -1.86. The number of hydrogen-bond donors (Lipinski definition) is 1. The molecule has 22 heavy (non-hydrogen) atoms. The highest BCUT2D eigenvalue weighted by Crippen LogP contribution is 2.07. The Balaban J connectivity index is 2.33. The van der Waals surface area contributed by atoms with E-state index in [1.54, 1.807) is 0 Å². The number of carbonyl (C=O) groups excluding carboxylic acids is 2. The van der Waals surface area contributed by atoms with Crippen LogP contribution in [-0.4, -0.2) is 40.6 Å². The van der Waals surface area contributed by atoms with E-state index in [4.69, 9.17) is 14.6 Å². The van der Waals surface area contributed by atoms with Crippen molar-refractivity contribution < 1.29 is 29.0 Å². The van der Waals surface area contributed by atoms with Crippen molar-refractivity contribution in [2.45, 2.75) is 26.1 Å². The van der Waals surface area contributed by atoms with Crippen molar-refractivity contribution in [3.8, 4) is 0 Å². The van der Waals surface area contributed by atoms with E-state index < -0.39 is 18.0 Å². The fourth-order valence-corrected chi connectivity index (χ4v) is 2.07. The first-order valence-electron chi connectivity index (χ1n) is 6.66. The van der Waals surface area contributed by atoms with E-state index in [1.165, 1.54) is 6.92 Å². The maximum Gasteiger partial charge on any atom is 0.347 e. The predicted molar refractivity (Wildman–Crippen MR) is 81.4 cm³/mol. The lowest BCUT2D eigenvalue weighted by Gasteiger charge is -2.14. The highest BCUT2D eigenvalue weighted by molar-refractivity contribution is 8.13. The molecule has 0 fully saturated rings. The molecule has 0 saturated heterocycles. The highest BCUT2D eigenvalue weighted by atomic mass is 32.2. The Morgan fingerprint density at radius 2 is 1.91 bits per heavy atom. The van der Waals surface area contributed by atoms with Crippen LogP contribution in [0, 0.1) is 0 Å². The van der Waals surface area contributed by atoms with Crippen molar-refractivity contribution in [1.82, 2.24) is 0 Å². The van der Waals surface area contributed by atoms with Crippen molar-refractivity contribution in [2.75, 3.05) is 12.4 Å². The molecule has 1 aromatic carbocycles. The van der Waals surface area contributed by atoms with E-state index in [0.29, 0.717) is 0 Å². The molecule has 1 aromatic rings. The monoisotopic (exact) mass is 326 g/mol. The number of hydrogen-bond acceptors (Lipinski definition) is 6. The predicted octanol–water partition coefficient (Wildman–Crippen LogP) is 1.87. The van der Waals surface area contributed by atoms with Gasteiger partial charge >= 0.3 is 11.9 Å². The number of aliphatic carboxylic acids is 1. The third-order valence-electron chi connectivity index (χ3n) is 2.54. The standard InChI is InChI=1S/C15H18O6S/c1-11(16)22-8-7-14(17)21-13(15(18)19)10-20-9-12-5-3-2-4-6-12/h2-6,13H,7-10H2,1H3,(H,18,19)/t13-/m0/s1. The number of thioether (sulfide) groups is 1. The van der Waals surface area contributed by atoms with E-state index in [1.807, 2.05) is 30.3 Å². The normalized spacial score (nSPS) is 11.7. The second kappa shape index (κ2) is 9.97. The Bertz CT molecular complexity index is 502. The summed E-state index contributed by atoms with van der Waals surface area (Å²) < 4.78 is 10.1. The van der Waals surface area contributed by atoms with Gasteiger partial charge in [-0.05, 0) is 5.56 Å². The van der Waals surface area contributed by atoms with Gasteiger partial charge in [0.05, 0.1) is 19.6 Å². The smallest absolute Gasteiger partial charge is 0.347 e. The Labute approximate surface area is 132 Å². The summed E-state index contributed by atoms with van der Waals surface area (Å²) in [6, 6.07) is 9.26. The molecule has 6 nitrogen and oxygen atoms in total. The van der Waals surface area contributed by atoms with Crippen LogP contribution < -0.4 is 0 Å². The van der Waals surface area contributed by atoms with Gasteiger partial charge in [-0.15, -0.1) is 0 Å². The van der Waals surface area contributed by atoms with Gasteiger partial charge in [0.1, 0.15) is 0 Å². The topological polar surface area (TPSA) is 89.9 Å². The molecular formula is C15H18O6S. The lowest BCUT2D eigenvalue weighted by molar-refractivity contribution is -0.168. The average Bonchev–Trinajstić information content (AvgIpc) is 2.46. The summed E-state index contributed by atoms with van der Waals surface area (Å²) in [5, 5.41) is 8.91. The molecule has 1 N–H and O–H groups in total. The first kappa shape index (κ1) is 18.2. The van der Waals surface area contributed by atoms with Crippen LogP contribution in [-0.2, 0) is 30.5 Å². The van der Waals surface area contributed by atoms with Crippen molar-refractivity contribution in [3.05, 3.63) is 35.9 Å². The molecule has 1 rings (SSSR count). The van der Waals surface area contributed by atoms with Crippen molar-refractivity contribution in [1.29, 1.82) is 0 Å². The lowest BCUT2D eigenvalue weighted by atomic mass is 10.2. The Morgan fingerprint density at radius 3 is 2.50 bits per heavy atom. The zero-order chi connectivity index (χ0) is 16.4. The molecule has 0 aromatic heterocycles. The molecule has 0 aliphatic rings. The fraction of sp³-hybridized carbons (Fsp3) is 0.400. The van der Waals surface area contributed by atoms with E-state index in [-0.39, 0.29) is 30.5 Å². The van der Waals surface area contributed by atoms with Crippen LogP contribution in [0.5, 0.6) is 0 Å². The van der Waals surface area contributed by atoms with E-state index >= 15 is 0 Å². The summed E-state index contributed by atoms with van der Waals surface area (Å²) in [5.41, 5.74) is 0.899. The lowest BCUT2D eigenvalue weighted by Crippen LogP contribution is -2.31. The molecule has 0 aliphatic carbocycles. The van der Waals surface area contributed by atoms with Gasteiger partial charge in [-0.2, -0.15) is 0 Å². The zero-order valence-corrected chi connectivity index (χ0v) is 13.0. The van der Waals surface area contributed by atoms with Crippen LogP contribution in [0.1, 0.15) is 18.9 Å². The van der Waals surface area contributed by atoms with Gasteiger partial charge in [-0.1, -0.05) is 42.1 Å². The number of carboxylic acid groups (broad SMARTS) is 1. The first-order valence-corrected chi connectivity index (χ1v) is 7.65. The maximum absolute atomic E-state index is 11.5. The van der Waals surface area contributed by atoms with Crippen LogP contribution in [0.3, 0.4) is 0 Å². The summed E-state index contributed by atoms with van der Waals surface area (Å²) in [7, 11) is 0. The second-order valence-corrected chi connectivity index (χ2v) is 5.68. The maximum atomic E-state index is 11.5. The number of benzene rings is 1. The zero-order valence-electron chi connectivity index (χ0n) is 12.2. The van der Waals surface area contributed by atoms with Crippen molar-refractivity contribution in [3.63, 3.8) is 0 Å². The number of carbonyl (C=O) groups is 3. The molecule has 0 spiro atoms. The van der Waals surface area contributed by atoms with Gasteiger partial charge in [0.15, 0.2) is 5.12 Å². The minimum Gasteiger partial charge on any atom is -0.478 e. The minimum atomic E-state index is -1.35. The number of esters is 1. The average molecular weight is 326 g/mol. The third kappa shape index (κ3) is 7.80. The SMILES string of the molecule is CC(=O)SCCC(=O)O[C@@H](COCc1ccccc1)C(=O)O. The van der Waals surface area contributed by atoms with Crippen molar-refractivity contribution >= 4 is 28.8 Å². The molecule has 0 amide bonds. The molecule has 0 heterocycles. The minimum absolute atomic E-state index is 0.0211. The van der Waals surface area contributed by atoms with E-state index in [0.717, 1.165) is 17.3 Å². The summed E-state index contributed by atoms with van der Waals surface area (Å²) in [6.07, 6.45) is -1.37. The molecule has 0 unspecified atom stereocenters. The molecule has 1 atom stereocenters. The van der Waals surface area contributed by atoms with Gasteiger partial charge in [0.2, 0.25) is 6.10 Å². The van der Waals surface area contributed by atoms with Gasteiger partial charge in [-0.25, -0.2) is 4.79 Å². The Morgan fingerprint density at radius 1 is 1.23 bits per heavy atom. The third-order valence-corrected chi connectivity index (χ3v) is 3.36. The van der Waals surface area contributed by atoms with E-state index in [9.17, 15) is 14.4 Å². The second-order valence-electron chi connectivity index (χ2n) is 4.41.